The quantitative estimate of drug-likeness (QED) is 0.543. The van der Waals surface area contributed by atoms with Crippen LogP contribution in [0.15, 0.2) is 54.7 Å². The number of likely N-dealkylation sites (tertiary alicyclic amines) is 1. The number of hydrogen-bond donors (Lipinski definition) is 3. The third-order valence-electron chi connectivity index (χ3n) is 6.07. The molecular weight excluding hydrogens is 392 g/mol. The molecule has 1 aromatic heterocycles. The van der Waals surface area contributed by atoms with Gasteiger partial charge in [-0.2, -0.15) is 0 Å². The standard InChI is InChI=1S/C25H30N2O4/c1-18-14-19(8-11-26-18)21-6-7-24(23-5-3-2-4-22(21)23)31-16-20(29)15-27-12-9-25(30,17-28)10-13-27/h2-8,11,14,20,28-30H,9-10,12-13,15-17H2,1H3. The molecule has 2 heterocycles. The average molecular weight is 423 g/mol. The monoisotopic (exact) mass is 422 g/mol. The zero-order valence-corrected chi connectivity index (χ0v) is 17.9. The number of fused-ring (bicyclic) bond motifs is 1. The highest BCUT2D eigenvalue weighted by atomic mass is 16.5. The summed E-state index contributed by atoms with van der Waals surface area (Å²) in [7, 11) is 0. The zero-order valence-electron chi connectivity index (χ0n) is 17.9. The Labute approximate surface area is 182 Å². The Morgan fingerprint density at radius 1 is 1.10 bits per heavy atom. The number of β-amino-alcohol motifs (C(OH)–C–C–N with tert-alkyl or cyclic N) is 1. The van der Waals surface area contributed by atoms with Crippen molar-refractivity contribution in [3.63, 3.8) is 0 Å². The van der Waals surface area contributed by atoms with Gasteiger partial charge >= 0.3 is 0 Å². The lowest BCUT2D eigenvalue weighted by Crippen LogP contribution is -2.48. The zero-order chi connectivity index (χ0) is 21.8. The summed E-state index contributed by atoms with van der Waals surface area (Å²) in [5.41, 5.74) is 2.23. The molecular formula is C25H30N2O4. The van der Waals surface area contributed by atoms with Crippen molar-refractivity contribution in [1.82, 2.24) is 9.88 Å². The molecule has 1 aliphatic rings. The van der Waals surface area contributed by atoms with Crippen molar-refractivity contribution in [3.8, 4) is 16.9 Å². The molecule has 2 aromatic carbocycles. The van der Waals surface area contributed by atoms with Crippen LogP contribution < -0.4 is 4.74 Å². The molecule has 3 N–H and O–H groups in total. The predicted molar refractivity (Wildman–Crippen MR) is 121 cm³/mol. The Balaban J connectivity index is 1.44. The first-order valence-electron chi connectivity index (χ1n) is 10.8. The average Bonchev–Trinajstić information content (AvgIpc) is 2.79. The summed E-state index contributed by atoms with van der Waals surface area (Å²) >= 11 is 0. The number of ether oxygens (including phenoxy) is 1. The molecule has 0 radical (unpaired) electrons. The van der Waals surface area contributed by atoms with Crippen LogP contribution in [0.2, 0.25) is 0 Å². The fourth-order valence-electron chi connectivity index (χ4n) is 4.21. The largest absolute Gasteiger partial charge is 0.490 e. The topological polar surface area (TPSA) is 86.1 Å². The molecule has 4 rings (SSSR count). The van der Waals surface area contributed by atoms with E-state index < -0.39 is 11.7 Å². The fraction of sp³-hybridized carbons (Fsp3) is 0.400. The molecule has 1 unspecified atom stereocenters. The Hall–Kier alpha value is -2.51. The minimum Gasteiger partial charge on any atom is -0.490 e. The molecule has 6 nitrogen and oxygen atoms in total. The summed E-state index contributed by atoms with van der Waals surface area (Å²) in [6, 6.07) is 16.2. The highest BCUT2D eigenvalue weighted by Crippen LogP contribution is 2.34. The van der Waals surface area contributed by atoms with Crippen LogP contribution in [0, 0.1) is 6.92 Å². The van der Waals surface area contributed by atoms with E-state index in [-0.39, 0.29) is 13.2 Å². The van der Waals surface area contributed by atoms with Gasteiger partial charge in [-0.3, -0.25) is 4.98 Å². The number of aromatic nitrogens is 1. The van der Waals surface area contributed by atoms with Crippen LogP contribution in [0.5, 0.6) is 5.75 Å². The third kappa shape index (κ3) is 5.05. The summed E-state index contributed by atoms with van der Waals surface area (Å²) < 4.78 is 6.02. The van der Waals surface area contributed by atoms with Gasteiger partial charge in [0, 0.05) is 36.9 Å². The van der Waals surface area contributed by atoms with Crippen molar-refractivity contribution < 1.29 is 20.1 Å². The highest BCUT2D eigenvalue weighted by molar-refractivity contribution is 6.00. The molecule has 1 fully saturated rings. The molecule has 0 spiro atoms. The molecule has 0 bridgehead atoms. The molecule has 0 aliphatic carbocycles. The number of benzene rings is 2. The maximum atomic E-state index is 10.5. The summed E-state index contributed by atoms with van der Waals surface area (Å²) in [6.45, 7) is 3.74. The molecule has 1 saturated heterocycles. The molecule has 164 valence electrons. The minimum atomic E-state index is -0.980. The van der Waals surface area contributed by atoms with Gasteiger partial charge in [0.2, 0.25) is 0 Å². The number of nitrogens with zero attached hydrogens (tertiary/aromatic N) is 2. The maximum Gasteiger partial charge on any atom is 0.127 e. The van der Waals surface area contributed by atoms with Crippen LogP contribution in [0.4, 0.5) is 0 Å². The van der Waals surface area contributed by atoms with Crippen LogP contribution in [0.3, 0.4) is 0 Å². The highest BCUT2D eigenvalue weighted by Gasteiger charge is 2.32. The van der Waals surface area contributed by atoms with E-state index in [1.807, 2.05) is 43.5 Å². The number of piperidine rings is 1. The second-order valence-electron chi connectivity index (χ2n) is 8.49. The van der Waals surface area contributed by atoms with Crippen molar-refractivity contribution in [1.29, 1.82) is 0 Å². The number of aliphatic hydroxyl groups excluding tert-OH is 2. The second-order valence-corrected chi connectivity index (χ2v) is 8.49. The fourth-order valence-corrected chi connectivity index (χ4v) is 4.21. The Bertz CT molecular complexity index is 1030. The van der Waals surface area contributed by atoms with Crippen LogP contribution in [-0.2, 0) is 0 Å². The van der Waals surface area contributed by atoms with Crippen LogP contribution >= 0.6 is 0 Å². The number of hydrogen-bond acceptors (Lipinski definition) is 6. The maximum absolute atomic E-state index is 10.5. The summed E-state index contributed by atoms with van der Waals surface area (Å²) in [5.74, 6) is 0.748. The Morgan fingerprint density at radius 2 is 1.84 bits per heavy atom. The van der Waals surface area contributed by atoms with E-state index in [0.29, 0.717) is 32.5 Å². The van der Waals surface area contributed by atoms with E-state index in [2.05, 4.69) is 28.1 Å². The van der Waals surface area contributed by atoms with Gasteiger partial charge in [0.05, 0.1) is 12.2 Å². The van der Waals surface area contributed by atoms with Gasteiger partial charge in [0.25, 0.3) is 0 Å². The van der Waals surface area contributed by atoms with Gasteiger partial charge < -0.3 is 25.0 Å². The first-order chi connectivity index (χ1) is 15.0. The van der Waals surface area contributed by atoms with Gasteiger partial charge in [-0.15, -0.1) is 0 Å². The summed E-state index contributed by atoms with van der Waals surface area (Å²) in [5, 5.41) is 32.0. The normalized spacial score (nSPS) is 17.5. The summed E-state index contributed by atoms with van der Waals surface area (Å²) in [6.07, 6.45) is 2.21. The van der Waals surface area contributed by atoms with Crippen LogP contribution in [0.25, 0.3) is 21.9 Å². The number of aliphatic hydroxyl groups is 3. The molecule has 1 atom stereocenters. The number of pyridine rings is 1. The van der Waals surface area contributed by atoms with E-state index in [4.69, 9.17) is 4.74 Å². The van der Waals surface area contributed by atoms with Crippen molar-refractivity contribution in [2.75, 3.05) is 32.8 Å². The van der Waals surface area contributed by atoms with Gasteiger partial charge in [-0.25, -0.2) is 0 Å². The van der Waals surface area contributed by atoms with Gasteiger partial charge in [0.1, 0.15) is 18.5 Å². The Morgan fingerprint density at radius 3 is 2.55 bits per heavy atom. The smallest absolute Gasteiger partial charge is 0.127 e. The SMILES string of the molecule is Cc1cc(-c2ccc(OCC(O)CN3CCC(O)(CO)CC3)c3ccccc23)ccn1. The predicted octanol–water partition coefficient (Wildman–Crippen LogP) is 2.77. The first-order valence-corrected chi connectivity index (χ1v) is 10.8. The van der Waals surface area contributed by atoms with Crippen LogP contribution in [0.1, 0.15) is 18.5 Å². The van der Waals surface area contributed by atoms with Crippen molar-refractivity contribution >= 4 is 10.8 Å². The lowest BCUT2D eigenvalue weighted by Gasteiger charge is -2.37. The summed E-state index contributed by atoms with van der Waals surface area (Å²) in [4.78, 5) is 6.39. The van der Waals surface area contributed by atoms with Crippen LogP contribution in [-0.4, -0.2) is 69.8 Å². The van der Waals surface area contributed by atoms with E-state index >= 15 is 0 Å². The van der Waals surface area contributed by atoms with Gasteiger partial charge in [-0.05, 0) is 54.5 Å². The third-order valence-corrected chi connectivity index (χ3v) is 6.07. The molecule has 0 saturated carbocycles. The van der Waals surface area contributed by atoms with Gasteiger partial charge in [-0.1, -0.05) is 30.3 Å². The van der Waals surface area contributed by atoms with E-state index in [9.17, 15) is 15.3 Å². The number of aryl methyl sites for hydroxylation is 1. The molecule has 0 amide bonds. The molecule has 3 aromatic rings. The first kappa shape index (κ1) is 21.7. The van der Waals surface area contributed by atoms with Gasteiger partial charge in [0.15, 0.2) is 0 Å². The molecule has 1 aliphatic heterocycles. The van der Waals surface area contributed by atoms with Crippen molar-refractivity contribution in [2.24, 2.45) is 0 Å². The second kappa shape index (κ2) is 9.32. The number of rotatable bonds is 7. The molecule has 6 heteroatoms. The van der Waals surface area contributed by atoms with E-state index in [1.165, 1.54) is 0 Å². The van der Waals surface area contributed by atoms with E-state index in [1.54, 1.807) is 0 Å². The minimum absolute atomic E-state index is 0.193. The lowest BCUT2D eigenvalue weighted by molar-refractivity contribution is -0.0656. The van der Waals surface area contributed by atoms with Crippen molar-refractivity contribution in [2.45, 2.75) is 31.5 Å². The Kier molecular flexibility index (Phi) is 6.53. The molecule has 31 heavy (non-hydrogen) atoms. The van der Waals surface area contributed by atoms with E-state index in [0.717, 1.165) is 33.3 Å². The van der Waals surface area contributed by atoms with Crippen molar-refractivity contribution in [3.05, 3.63) is 60.4 Å². The lowest BCUT2D eigenvalue weighted by atomic mass is 9.92.